The second kappa shape index (κ2) is 10.6. The van der Waals surface area contributed by atoms with E-state index in [-0.39, 0.29) is 18.3 Å². The van der Waals surface area contributed by atoms with Crippen molar-refractivity contribution in [3.8, 4) is 17.3 Å². The number of likely N-dealkylation sites (N-methyl/N-ethyl adjacent to an activating group) is 1. The molecule has 2 saturated heterocycles. The first kappa shape index (κ1) is 25.2. The summed E-state index contributed by atoms with van der Waals surface area (Å²) >= 11 is 0. The number of ether oxygens (including phenoxy) is 1. The van der Waals surface area contributed by atoms with Crippen molar-refractivity contribution >= 4 is 23.4 Å². The Hall–Kier alpha value is -4.04. The molecule has 0 spiro atoms. The van der Waals surface area contributed by atoms with Gasteiger partial charge < -0.3 is 30.0 Å². The molecule has 5 heterocycles. The molecular formula is C25H30F2N10O2. The minimum absolute atomic E-state index is 0.184. The van der Waals surface area contributed by atoms with Gasteiger partial charge in [-0.15, -0.1) is 5.10 Å². The molecule has 39 heavy (non-hydrogen) atoms. The van der Waals surface area contributed by atoms with Crippen LogP contribution in [0.3, 0.4) is 0 Å². The maximum absolute atomic E-state index is 14.9. The van der Waals surface area contributed by atoms with E-state index in [0.29, 0.717) is 60.9 Å². The summed E-state index contributed by atoms with van der Waals surface area (Å²) in [5.74, 6) is 1.87. The molecule has 4 aromatic rings. The Balaban J connectivity index is 1.02. The fraction of sp³-hybridized carbons (Fsp3) is 0.440. The van der Waals surface area contributed by atoms with Gasteiger partial charge in [0, 0.05) is 65.5 Å². The smallest absolute Gasteiger partial charge is 0.259 e. The molecular weight excluding hydrogens is 510 g/mol. The maximum atomic E-state index is 14.9. The summed E-state index contributed by atoms with van der Waals surface area (Å²) in [6.07, 6.45) is -0.124. The minimum atomic E-state index is -1.09. The average molecular weight is 541 g/mol. The van der Waals surface area contributed by atoms with Gasteiger partial charge in [0.05, 0.1) is 12.0 Å². The Bertz CT molecular complexity index is 1420. The van der Waals surface area contributed by atoms with E-state index in [1.165, 1.54) is 10.6 Å². The normalized spacial score (nSPS) is 20.1. The van der Waals surface area contributed by atoms with Gasteiger partial charge in [-0.05, 0) is 24.3 Å². The number of furan rings is 1. The number of rotatable bonds is 8. The van der Waals surface area contributed by atoms with Crippen LogP contribution in [0.25, 0.3) is 17.4 Å². The van der Waals surface area contributed by atoms with Crippen LogP contribution in [0.2, 0.25) is 0 Å². The lowest BCUT2D eigenvalue weighted by atomic mass is 10.2. The summed E-state index contributed by atoms with van der Waals surface area (Å²) < 4.78 is 41.1. The molecule has 0 bridgehead atoms. The fourth-order valence-electron chi connectivity index (χ4n) is 4.81. The molecule has 14 heteroatoms. The average Bonchev–Trinajstić information content (AvgIpc) is 3.70. The minimum Gasteiger partial charge on any atom is -0.486 e. The highest BCUT2D eigenvalue weighted by Gasteiger charge is 2.29. The number of halogens is 2. The summed E-state index contributed by atoms with van der Waals surface area (Å²) in [5, 5.41) is 7.26. The maximum Gasteiger partial charge on any atom is 0.259 e. The molecule has 6 rings (SSSR count). The van der Waals surface area contributed by atoms with Gasteiger partial charge in [-0.3, -0.25) is 4.90 Å². The van der Waals surface area contributed by atoms with E-state index in [0.717, 1.165) is 19.6 Å². The van der Waals surface area contributed by atoms with Gasteiger partial charge in [-0.25, -0.2) is 8.78 Å². The Morgan fingerprint density at radius 3 is 2.72 bits per heavy atom. The molecule has 3 N–H and O–H groups in total. The fourth-order valence-corrected chi connectivity index (χ4v) is 4.81. The predicted octanol–water partition coefficient (Wildman–Crippen LogP) is 1.45. The second-order valence-corrected chi connectivity index (χ2v) is 9.70. The number of hydrogen-bond acceptors (Lipinski definition) is 11. The first-order chi connectivity index (χ1) is 18.9. The number of anilines is 3. The molecule has 2 aliphatic rings. The van der Waals surface area contributed by atoms with Crippen LogP contribution in [0.1, 0.15) is 0 Å². The molecule has 12 nitrogen and oxygen atoms in total. The van der Waals surface area contributed by atoms with Crippen molar-refractivity contribution < 1.29 is 17.9 Å². The molecule has 206 valence electrons. The van der Waals surface area contributed by atoms with Gasteiger partial charge >= 0.3 is 0 Å². The van der Waals surface area contributed by atoms with Gasteiger partial charge in [-0.1, -0.05) is 0 Å². The molecule has 2 fully saturated rings. The van der Waals surface area contributed by atoms with E-state index >= 15 is 0 Å². The summed E-state index contributed by atoms with van der Waals surface area (Å²) in [4.78, 5) is 19.6. The van der Waals surface area contributed by atoms with Crippen LogP contribution in [0.5, 0.6) is 5.75 Å². The number of nitrogens with two attached hydrogens (primary N) is 1. The van der Waals surface area contributed by atoms with Crippen molar-refractivity contribution in [1.29, 1.82) is 0 Å². The summed E-state index contributed by atoms with van der Waals surface area (Å²) in [6.45, 7) is 5.05. The summed E-state index contributed by atoms with van der Waals surface area (Å²) in [6, 6.07) is 8.29. The van der Waals surface area contributed by atoms with E-state index in [1.807, 2.05) is 16.8 Å². The number of aromatic nitrogens is 5. The number of nitrogen functional groups attached to an aromatic ring is 1. The molecule has 0 aliphatic carbocycles. The Morgan fingerprint density at radius 1 is 1.15 bits per heavy atom. The van der Waals surface area contributed by atoms with Gasteiger partial charge in [-0.2, -0.15) is 19.5 Å². The van der Waals surface area contributed by atoms with Crippen LogP contribution in [-0.2, 0) is 0 Å². The van der Waals surface area contributed by atoms with E-state index in [4.69, 9.17) is 14.9 Å². The lowest BCUT2D eigenvalue weighted by Crippen LogP contribution is -2.48. The largest absolute Gasteiger partial charge is 0.486 e. The Morgan fingerprint density at radius 2 is 2.00 bits per heavy atom. The van der Waals surface area contributed by atoms with E-state index < -0.39 is 12.3 Å². The number of nitrogens with zero attached hydrogens (tertiary/aromatic N) is 8. The first-order valence-corrected chi connectivity index (χ1v) is 12.9. The summed E-state index contributed by atoms with van der Waals surface area (Å²) in [5.41, 5.74) is 6.65. The van der Waals surface area contributed by atoms with Gasteiger partial charge in [0.15, 0.2) is 11.9 Å². The zero-order valence-corrected chi connectivity index (χ0v) is 21.5. The number of nitrogens with one attached hydrogen (secondary N) is 1. The SMILES string of the molecule is CN(CCN1CCN(c2ccc(O[C@@H]3CNC[C@H]3F)cc2F)CC1)c1nc(N)n2nc(-c3ccco3)nc2n1. The van der Waals surface area contributed by atoms with Gasteiger partial charge in [0.2, 0.25) is 17.7 Å². The van der Waals surface area contributed by atoms with Crippen LogP contribution in [0.4, 0.5) is 26.4 Å². The molecule has 3 aromatic heterocycles. The third-order valence-electron chi connectivity index (χ3n) is 7.06. The number of fused-ring (bicyclic) bond motifs is 1. The van der Waals surface area contributed by atoms with Crippen LogP contribution >= 0.6 is 0 Å². The first-order valence-electron chi connectivity index (χ1n) is 12.9. The van der Waals surface area contributed by atoms with Gasteiger partial charge in [0.25, 0.3) is 5.78 Å². The topological polar surface area (TPSA) is 126 Å². The number of hydrogen-bond donors (Lipinski definition) is 2. The number of piperazine rings is 1. The zero-order valence-electron chi connectivity index (χ0n) is 21.5. The summed E-state index contributed by atoms with van der Waals surface area (Å²) in [7, 11) is 1.90. The van der Waals surface area contributed by atoms with E-state index in [9.17, 15) is 8.78 Å². The second-order valence-electron chi connectivity index (χ2n) is 9.70. The Labute approximate surface area is 223 Å². The third-order valence-corrected chi connectivity index (χ3v) is 7.06. The molecule has 0 amide bonds. The molecule has 1 aromatic carbocycles. The molecule has 2 aliphatic heterocycles. The Kier molecular flexibility index (Phi) is 6.87. The van der Waals surface area contributed by atoms with E-state index in [2.05, 4.69) is 30.3 Å². The van der Waals surface area contributed by atoms with Crippen molar-refractivity contribution in [3.05, 3.63) is 42.4 Å². The van der Waals surface area contributed by atoms with Crippen LogP contribution in [0, 0.1) is 5.82 Å². The van der Waals surface area contributed by atoms with Crippen LogP contribution < -0.4 is 25.6 Å². The van der Waals surface area contributed by atoms with Crippen molar-refractivity contribution in [2.45, 2.75) is 12.3 Å². The van der Waals surface area contributed by atoms with Gasteiger partial charge in [0.1, 0.15) is 17.7 Å². The molecule has 0 unspecified atom stereocenters. The highest BCUT2D eigenvalue weighted by molar-refractivity contribution is 5.53. The molecule has 0 saturated carbocycles. The van der Waals surface area contributed by atoms with Crippen molar-refractivity contribution in [2.75, 3.05) is 74.9 Å². The lowest BCUT2D eigenvalue weighted by Gasteiger charge is -2.36. The molecule has 0 radical (unpaired) electrons. The lowest BCUT2D eigenvalue weighted by molar-refractivity contribution is 0.139. The number of alkyl halides is 1. The van der Waals surface area contributed by atoms with Crippen LogP contribution in [0.15, 0.2) is 41.0 Å². The highest BCUT2D eigenvalue weighted by Crippen LogP contribution is 2.27. The van der Waals surface area contributed by atoms with Crippen molar-refractivity contribution in [1.82, 2.24) is 34.8 Å². The van der Waals surface area contributed by atoms with E-state index in [1.54, 1.807) is 30.5 Å². The van der Waals surface area contributed by atoms with Crippen molar-refractivity contribution in [2.24, 2.45) is 0 Å². The third kappa shape index (κ3) is 5.29. The number of benzene rings is 1. The van der Waals surface area contributed by atoms with Crippen LogP contribution in [-0.4, -0.2) is 101 Å². The monoisotopic (exact) mass is 540 g/mol. The zero-order chi connectivity index (χ0) is 26.9. The standard InChI is InChI=1S/C25H30F2N10O2/c1-34(24-31-23(28)37-25(32-24)30-22(33-37)20-3-2-12-38-20)6-7-35-8-10-36(11-9-35)19-5-4-16(13-17(19)26)39-21-15-29-14-18(21)27/h2-5,12-13,18,21,29H,6-11,14-15H2,1H3,(H2,28,30,31,32,33)/t18-,21-/m1/s1. The highest BCUT2D eigenvalue weighted by atomic mass is 19.1. The predicted molar refractivity (Wildman–Crippen MR) is 141 cm³/mol. The quantitative estimate of drug-likeness (QED) is 0.337. The molecule has 2 atom stereocenters. The van der Waals surface area contributed by atoms with Crippen molar-refractivity contribution in [3.63, 3.8) is 0 Å².